The molecule has 18 heavy (non-hydrogen) atoms. The van der Waals surface area contributed by atoms with Crippen LogP contribution in [0, 0.1) is 29.9 Å². The van der Waals surface area contributed by atoms with Crippen molar-refractivity contribution in [1.29, 1.82) is 5.26 Å². The number of benzene rings is 1. The largest absolute Gasteiger partial charge is 0.449 e. The fourth-order valence-electron chi connectivity index (χ4n) is 1.53. The number of anilines is 1. The van der Waals surface area contributed by atoms with Gasteiger partial charge in [-0.25, -0.2) is 8.78 Å². The van der Waals surface area contributed by atoms with Gasteiger partial charge in [-0.1, -0.05) is 6.07 Å². The number of halogens is 2. The Balaban J connectivity index is 2.16. The Labute approximate surface area is 103 Å². The van der Waals surface area contributed by atoms with E-state index in [1.165, 1.54) is 18.2 Å². The molecule has 92 valence electrons. The zero-order chi connectivity index (χ0) is 13.1. The van der Waals surface area contributed by atoms with Gasteiger partial charge in [-0.05, 0) is 30.7 Å². The fraction of sp³-hybridized carbons (Fsp3) is 0.154. The van der Waals surface area contributed by atoms with Gasteiger partial charge in [0.1, 0.15) is 23.3 Å². The molecule has 0 aliphatic heterocycles. The highest BCUT2D eigenvalue weighted by molar-refractivity contribution is 5.49. The van der Waals surface area contributed by atoms with Crippen LogP contribution in [0.1, 0.15) is 17.1 Å². The topological polar surface area (TPSA) is 49.0 Å². The molecule has 0 atom stereocenters. The molecule has 1 aromatic heterocycles. The Kier molecular flexibility index (Phi) is 3.28. The Morgan fingerprint density at radius 3 is 2.72 bits per heavy atom. The van der Waals surface area contributed by atoms with Crippen LogP contribution in [0.25, 0.3) is 0 Å². The summed E-state index contributed by atoms with van der Waals surface area (Å²) < 4.78 is 32.2. The van der Waals surface area contributed by atoms with Gasteiger partial charge >= 0.3 is 0 Å². The summed E-state index contributed by atoms with van der Waals surface area (Å²) in [4.78, 5) is 0. The van der Waals surface area contributed by atoms with Crippen molar-refractivity contribution in [3.63, 3.8) is 0 Å². The summed E-state index contributed by atoms with van der Waals surface area (Å²) in [5.74, 6) is -0.684. The van der Waals surface area contributed by atoms with Crippen LogP contribution in [0.2, 0.25) is 0 Å². The van der Waals surface area contributed by atoms with E-state index in [4.69, 9.17) is 9.68 Å². The third kappa shape index (κ3) is 2.33. The van der Waals surface area contributed by atoms with Crippen molar-refractivity contribution in [2.75, 3.05) is 5.32 Å². The van der Waals surface area contributed by atoms with E-state index in [0.717, 1.165) is 0 Å². The summed E-state index contributed by atoms with van der Waals surface area (Å²) in [6.07, 6.45) is 0. The molecule has 0 saturated carbocycles. The van der Waals surface area contributed by atoms with Crippen LogP contribution in [0.5, 0.6) is 0 Å². The summed E-state index contributed by atoms with van der Waals surface area (Å²) in [5.41, 5.74) is 0.168. The molecule has 0 radical (unpaired) electrons. The maximum Gasteiger partial charge on any atom is 0.203 e. The van der Waals surface area contributed by atoms with Crippen LogP contribution in [0.3, 0.4) is 0 Å². The van der Waals surface area contributed by atoms with Crippen molar-refractivity contribution < 1.29 is 13.2 Å². The summed E-state index contributed by atoms with van der Waals surface area (Å²) in [6.45, 7) is 1.67. The second-order valence-corrected chi connectivity index (χ2v) is 3.78. The highest BCUT2D eigenvalue weighted by atomic mass is 19.1. The van der Waals surface area contributed by atoms with Crippen LogP contribution >= 0.6 is 0 Å². The number of hydrogen-bond acceptors (Lipinski definition) is 3. The van der Waals surface area contributed by atoms with Gasteiger partial charge in [0.25, 0.3) is 0 Å². The second-order valence-electron chi connectivity index (χ2n) is 3.78. The highest BCUT2D eigenvalue weighted by Gasteiger charge is 2.11. The van der Waals surface area contributed by atoms with E-state index >= 15 is 0 Å². The summed E-state index contributed by atoms with van der Waals surface area (Å²) in [6, 6.07) is 7.48. The summed E-state index contributed by atoms with van der Waals surface area (Å²) in [5, 5.41) is 11.2. The molecule has 0 amide bonds. The van der Waals surface area contributed by atoms with Gasteiger partial charge in [-0.2, -0.15) is 5.26 Å². The highest BCUT2D eigenvalue weighted by Crippen LogP contribution is 2.22. The Morgan fingerprint density at radius 1 is 1.28 bits per heavy atom. The Bertz CT molecular complexity index is 614. The van der Waals surface area contributed by atoms with Gasteiger partial charge in [-0.3, -0.25) is 0 Å². The lowest BCUT2D eigenvalue weighted by Crippen LogP contribution is -2.04. The minimum absolute atomic E-state index is 0.110. The molecule has 2 rings (SSSR count). The molecule has 0 aliphatic rings. The lowest BCUT2D eigenvalue weighted by Gasteiger charge is -2.08. The molecule has 0 unspecified atom stereocenters. The molecule has 2 aromatic rings. The maximum atomic E-state index is 13.7. The predicted molar refractivity (Wildman–Crippen MR) is 61.8 cm³/mol. The molecular formula is C13H10F2N2O. The fourth-order valence-corrected chi connectivity index (χ4v) is 1.53. The van der Waals surface area contributed by atoms with Crippen molar-refractivity contribution in [2.45, 2.75) is 13.5 Å². The minimum Gasteiger partial charge on any atom is -0.449 e. The van der Waals surface area contributed by atoms with Gasteiger partial charge in [-0.15, -0.1) is 0 Å². The van der Waals surface area contributed by atoms with E-state index < -0.39 is 11.6 Å². The summed E-state index contributed by atoms with van der Waals surface area (Å²) >= 11 is 0. The quantitative estimate of drug-likeness (QED) is 0.906. The maximum absolute atomic E-state index is 13.7. The molecule has 1 aromatic carbocycles. The second kappa shape index (κ2) is 4.88. The van der Waals surface area contributed by atoms with Crippen LogP contribution in [0.4, 0.5) is 14.5 Å². The minimum atomic E-state index is -0.662. The first-order valence-corrected chi connectivity index (χ1v) is 5.29. The van der Waals surface area contributed by atoms with E-state index in [1.54, 1.807) is 13.0 Å². The molecule has 0 fully saturated rings. The van der Waals surface area contributed by atoms with E-state index in [1.807, 2.05) is 6.07 Å². The van der Waals surface area contributed by atoms with Crippen LogP contribution in [-0.4, -0.2) is 0 Å². The molecular weight excluding hydrogens is 238 g/mol. The summed E-state index contributed by atoms with van der Waals surface area (Å²) in [7, 11) is 0. The van der Waals surface area contributed by atoms with E-state index in [2.05, 4.69) is 5.32 Å². The number of furan rings is 1. The van der Waals surface area contributed by atoms with Crippen LogP contribution < -0.4 is 5.32 Å². The van der Waals surface area contributed by atoms with Crippen molar-refractivity contribution in [3.05, 3.63) is 53.0 Å². The predicted octanol–water partition coefficient (Wildman–Crippen LogP) is 3.35. The molecule has 3 nitrogen and oxygen atoms in total. The SMILES string of the molecule is Cc1ccc(F)c(NCc2ccc(C#N)o2)c1F. The van der Waals surface area contributed by atoms with Crippen molar-refractivity contribution in [3.8, 4) is 6.07 Å². The average molecular weight is 248 g/mol. The Hall–Kier alpha value is -2.35. The zero-order valence-electron chi connectivity index (χ0n) is 9.63. The number of nitrogens with one attached hydrogen (secondary N) is 1. The molecule has 1 N–H and O–H groups in total. The van der Waals surface area contributed by atoms with Crippen LogP contribution in [0.15, 0.2) is 28.7 Å². The van der Waals surface area contributed by atoms with Gasteiger partial charge in [0.15, 0.2) is 5.82 Å². The van der Waals surface area contributed by atoms with Crippen molar-refractivity contribution >= 4 is 5.69 Å². The lowest BCUT2D eigenvalue weighted by atomic mass is 10.2. The van der Waals surface area contributed by atoms with E-state index in [-0.39, 0.29) is 18.0 Å². The smallest absolute Gasteiger partial charge is 0.203 e. The monoisotopic (exact) mass is 248 g/mol. The first-order valence-electron chi connectivity index (χ1n) is 5.29. The third-order valence-corrected chi connectivity index (χ3v) is 2.50. The normalized spacial score (nSPS) is 10.1. The number of nitrogens with zero attached hydrogens (tertiary/aromatic N) is 1. The van der Waals surface area contributed by atoms with Crippen LogP contribution in [-0.2, 0) is 6.54 Å². The molecule has 0 spiro atoms. The third-order valence-electron chi connectivity index (χ3n) is 2.50. The number of hydrogen-bond donors (Lipinski definition) is 1. The number of nitriles is 1. The van der Waals surface area contributed by atoms with Gasteiger partial charge in [0.05, 0.1) is 6.54 Å². The zero-order valence-corrected chi connectivity index (χ0v) is 9.63. The lowest BCUT2D eigenvalue weighted by molar-refractivity contribution is 0.504. The first kappa shape index (κ1) is 12.1. The van der Waals surface area contributed by atoms with Gasteiger partial charge in [0, 0.05) is 0 Å². The number of aryl methyl sites for hydroxylation is 1. The molecule has 0 saturated heterocycles. The van der Waals surface area contributed by atoms with Crippen molar-refractivity contribution in [1.82, 2.24) is 0 Å². The molecule has 0 aliphatic carbocycles. The van der Waals surface area contributed by atoms with E-state index in [0.29, 0.717) is 11.3 Å². The van der Waals surface area contributed by atoms with E-state index in [9.17, 15) is 8.78 Å². The van der Waals surface area contributed by atoms with Gasteiger partial charge < -0.3 is 9.73 Å². The Morgan fingerprint density at radius 2 is 2.06 bits per heavy atom. The first-order chi connectivity index (χ1) is 8.61. The molecule has 0 bridgehead atoms. The molecule has 5 heteroatoms. The van der Waals surface area contributed by atoms with Gasteiger partial charge in [0.2, 0.25) is 5.76 Å². The van der Waals surface area contributed by atoms with Crippen molar-refractivity contribution in [2.24, 2.45) is 0 Å². The molecule has 1 heterocycles. The standard InChI is InChI=1S/C13H10F2N2O/c1-8-2-5-11(14)13(12(8)15)17-7-10-4-3-9(6-16)18-10/h2-5,17H,7H2,1H3. The number of rotatable bonds is 3. The average Bonchev–Trinajstić information content (AvgIpc) is 2.82.